The number of rotatable bonds is 7. The fourth-order valence-electron chi connectivity index (χ4n) is 2.40. The number of terminal acetylenes is 1. The molecule has 7 nitrogen and oxygen atoms in total. The fourth-order valence-corrected chi connectivity index (χ4v) is 2.40. The van der Waals surface area contributed by atoms with Crippen LogP contribution in [0.3, 0.4) is 0 Å². The van der Waals surface area contributed by atoms with E-state index >= 15 is 0 Å². The molecule has 0 bridgehead atoms. The van der Waals surface area contributed by atoms with E-state index in [1.807, 2.05) is 13.8 Å². The van der Waals surface area contributed by atoms with E-state index in [9.17, 15) is 4.79 Å². The Balaban J connectivity index is 2.72. The Morgan fingerprint density at radius 2 is 2.18 bits per heavy atom. The van der Waals surface area contributed by atoms with Gasteiger partial charge >= 0.3 is 5.97 Å². The van der Waals surface area contributed by atoms with Crippen molar-refractivity contribution >= 4 is 5.97 Å². The molecule has 22 heavy (non-hydrogen) atoms. The Hall–Kier alpha value is -1.74. The lowest BCUT2D eigenvalue weighted by molar-refractivity contribution is -0.239. The molecule has 0 amide bonds. The van der Waals surface area contributed by atoms with Crippen LogP contribution in [0.1, 0.15) is 33.6 Å². The summed E-state index contributed by atoms with van der Waals surface area (Å²) >= 11 is 0. The van der Waals surface area contributed by atoms with Gasteiger partial charge in [-0.1, -0.05) is 19.0 Å². The number of hydrogen-bond donors (Lipinski definition) is 0. The molecular weight excluding hydrogens is 286 g/mol. The molecule has 0 radical (unpaired) electrons. The van der Waals surface area contributed by atoms with E-state index in [2.05, 4.69) is 15.9 Å². The Morgan fingerprint density at radius 1 is 1.45 bits per heavy atom. The maximum absolute atomic E-state index is 11.0. The van der Waals surface area contributed by atoms with E-state index in [-0.39, 0.29) is 30.5 Å². The molecule has 1 aliphatic heterocycles. The predicted molar refractivity (Wildman–Crippen MR) is 80.6 cm³/mol. The van der Waals surface area contributed by atoms with Crippen molar-refractivity contribution in [2.45, 2.75) is 52.0 Å². The van der Waals surface area contributed by atoms with Gasteiger partial charge in [0, 0.05) is 18.3 Å². The first-order valence-corrected chi connectivity index (χ1v) is 7.39. The molecule has 5 atom stereocenters. The van der Waals surface area contributed by atoms with Gasteiger partial charge in [-0.2, -0.15) is 0 Å². The molecule has 1 heterocycles. The molecule has 0 N–H and O–H groups in total. The van der Waals surface area contributed by atoms with Gasteiger partial charge in [-0.05, 0) is 23.8 Å². The minimum atomic E-state index is -0.652. The summed E-state index contributed by atoms with van der Waals surface area (Å²) in [4.78, 5) is 13.9. The molecule has 0 aromatic rings. The summed E-state index contributed by atoms with van der Waals surface area (Å²) in [7, 11) is 0. The number of unbranched alkanes of at least 4 members (excludes halogenated alkanes) is 1. The normalized spacial score (nSPS) is 30.9. The van der Waals surface area contributed by atoms with Gasteiger partial charge in [0.1, 0.15) is 6.61 Å². The Labute approximate surface area is 130 Å². The van der Waals surface area contributed by atoms with Crippen molar-refractivity contribution in [3.8, 4) is 12.3 Å². The number of nitrogens with zero attached hydrogens (tertiary/aromatic N) is 3. The van der Waals surface area contributed by atoms with Crippen molar-refractivity contribution in [1.82, 2.24) is 0 Å². The molecule has 0 spiro atoms. The molecule has 7 heteroatoms. The number of hydrogen-bond acceptors (Lipinski definition) is 5. The van der Waals surface area contributed by atoms with Crippen LogP contribution in [0.5, 0.6) is 0 Å². The minimum absolute atomic E-state index is 0.0443. The lowest BCUT2D eigenvalue weighted by Crippen LogP contribution is -2.51. The van der Waals surface area contributed by atoms with Gasteiger partial charge in [0.25, 0.3) is 0 Å². The SMILES string of the molecule is C#CCCCOC1OC(COC(C)=O)[C@@H](C)[C@H](C)C1N=[N+]=[N-]. The van der Waals surface area contributed by atoms with Crippen LogP contribution in [0.4, 0.5) is 0 Å². The first-order chi connectivity index (χ1) is 10.5. The molecule has 0 aromatic carbocycles. The Kier molecular flexibility index (Phi) is 7.75. The van der Waals surface area contributed by atoms with E-state index in [0.717, 1.165) is 0 Å². The second-order valence-corrected chi connectivity index (χ2v) is 5.44. The average molecular weight is 309 g/mol. The van der Waals surface area contributed by atoms with Crippen LogP contribution < -0.4 is 0 Å². The number of ether oxygens (including phenoxy) is 3. The predicted octanol–water partition coefficient (Wildman–Crippen LogP) is 2.66. The third kappa shape index (κ3) is 5.23. The highest BCUT2D eigenvalue weighted by atomic mass is 16.7. The van der Waals surface area contributed by atoms with Crippen molar-refractivity contribution < 1.29 is 19.0 Å². The Bertz CT molecular complexity index is 456. The largest absolute Gasteiger partial charge is 0.463 e. The van der Waals surface area contributed by atoms with Crippen LogP contribution in [-0.2, 0) is 19.0 Å². The van der Waals surface area contributed by atoms with Gasteiger partial charge < -0.3 is 14.2 Å². The summed E-state index contributed by atoms with van der Waals surface area (Å²) in [5.41, 5.74) is 8.74. The summed E-state index contributed by atoms with van der Waals surface area (Å²) in [6.45, 7) is 5.90. The van der Waals surface area contributed by atoms with Crippen LogP contribution in [-0.4, -0.2) is 37.6 Å². The van der Waals surface area contributed by atoms with E-state index < -0.39 is 12.3 Å². The summed E-state index contributed by atoms with van der Waals surface area (Å²) in [6, 6.07) is -0.417. The van der Waals surface area contributed by atoms with Crippen LogP contribution in [0.15, 0.2) is 5.11 Å². The first-order valence-electron chi connectivity index (χ1n) is 7.39. The minimum Gasteiger partial charge on any atom is -0.463 e. The maximum atomic E-state index is 11.0. The van der Waals surface area contributed by atoms with Gasteiger partial charge in [-0.25, -0.2) is 0 Å². The zero-order chi connectivity index (χ0) is 16.5. The van der Waals surface area contributed by atoms with E-state index in [1.165, 1.54) is 6.92 Å². The van der Waals surface area contributed by atoms with Gasteiger partial charge in [-0.3, -0.25) is 4.79 Å². The third-order valence-electron chi connectivity index (χ3n) is 3.93. The molecule has 122 valence electrons. The monoisotopic (exact) mass is 309 g/mol. The van der Waals surface area contributed by atoms with E-state index in [4.69, 9.17) is 26.2 Å². The second kappa shape index (κ2) is 9.31. The maximum Gasteiger partial charge on any atom is 0.302 e. The summed E-state index contributed by atoms with van der Waals surface area (Å²) in [5.74, 6) is 2.30. The van der Waals surface area contributed by atoms with Crippen molar-refractivity contribution in [1.29, 1.82) is 0 Å². The second-order valence-electron chi connectivity index (χ2n) is 5.44. The molecule has 1 aliphatic rings. The van der Waals surface area contributed by atoms with Crippen molar-refractivity contribution in [3.63, 3.8) is 0 Å². The molecule has 0 saturated carbocycles. The zero-order valence-electron chi connectivity index (χ0n) is 13.3. The molecule has 1 fully saturated rings. The topological polar surface area (TPSA) is 93.5 Å². The summed E-state index contributed by atoms with van der Waals surface area (Å²) in [5, 5.41) is 3.81. The summed E-state index contributed by atoms with van der Waals surface area (Å²) < 4.78 is 16.6. The number of carbonyl (C=O) groups is 1. The lowest BCUT2D eigenvalue weighted by Gasteiger charge is -2.42. The zero-order valence-corrected chi connectivity index (χ0v) is 13.3. The highest BCUT2D eigenvalue weighted by Crippen LogP contribution is 2.33. The van der Waals surface area contributed by atoms with Crippen molar-refractivity contribution in [2.24, 2.45) is 17.0 Å². The first kappa shape index (κ1) is 18.3. The average Bonchev–Trinajstić information content (AvgIpc) is 2.49. The molecule has 3 unspecified atom stereocenters. The molecule has 1 rings (SSSR count). The fraction of sp³-hybridized carbons (Fsp3) is 0.800. The third-order valence-corrected chi connectivity index (χ3v) is 3.93. The Morgan fingerprint density at radius 3 is 2.77 bits per heavy atom. The van der Waals surface area contributed by atoms with Crippen LogP contribution in [0.25, 0.3) is 10.4 Å². The molecular formula is C15H23N3O4. The quantitative estimate of drug-likeness (QED) is 0.180. The van der Waals surface area contributed by atoms with Gasteiger partial charge in [0.05, 0.1) is 18.8 Å². The highest BCUT2D eigenvalue weighted by molar-refractivity contribution is 5.65. The molecule has 0 aliphatic carbocycles. The van der Waals surface area contributed by atoms with Gasteiger partial charge in [-0.15, -0.1) is 12.3 Å². The standard InChI is InChI=1S/C15H23N3O4/c1-5-6-7-8-20-15-14(17-18-16)11(3)10(2)13(22-15)9-21-12(4)19/h1,10-11,13-15H,6-9H2,2-4H3/t10-,11-,13?,14?,15?/m0/s1. The van der Waals surface area contributed by atoms with E-state index in [0.29, 0.717) is 19.4 Å². The summed E-state index contributed by atoms with van der Waals surface area (Å²) in [6.07, 6.45) is 5.58. The molecule has 0 aromatic heterocycles. The van der Waals surface area contributed by atoms with Gasteiger partial charge in [0.2, 0.25) is 0 Å². The highest BCUT2D eigenvalue weighted by Gasteiger charge is 2.42. The van der Waals surface area contributed by atoms with Crippen LogP contribution >= 0.6 is 0 Å². The van der Waals surface area contributed by atoms with Crippen molar-refractivity contribution in [3.05, 3.63) is 10.4 Å². The van der Waals surface area contributed by atoms with E-state index in [1.54, 1.807) is 0 Å². The van der Waals surface area contributed by atoms with Crippen LogP contribution in [0, 0.1) is 24.2 Å². The van der Waals surface area contributed by atoms with Crippen LogP contribution in [0.2, 0.25) is 0 Å². The smallest absolute Gasteiger partial charge is 0.302 e. The molecule has 1 saturated heterocycles. The number of carbonyl (C=O) groups excluding carboxylic acids is 1. The van der Waals surface area contributed by atoms with Gasteiger partial charge in [0.15, 0.2) is 6.29 Å². The number of esters is 1. The van der Waals surface area contributed by atoms with Crippen molar-refractivity contribution in [2.75, 3.05) is 13.2 Å². The lowest BCUT2D eigenvalue weighted by atomic mass is 9.82. The number of azide groups is 1.